The van der Waals surface area contributed by atoms with Crippen molar-refractivity contribution in [1.82, 2.24) is 4.90 Å². The molecule has 6 nitrogen and oxygen atoms in total. The molecule has 6 heteroatoms. The summed E-state index contributed by atoms with van der Waals surface area (Å²) in [7, 11) is 1.34. The molecule has 0 spiro atoms. The fourth-order valence-corrected chi connectivity index (χ4v) is 1.84. The van der Waals surface area contributed by atoms with E-state index in [1.54, 1.807) is 26.8 Å². The van der Waals surface area contributed by atoms with Gasteiger partial charge in [0.15, 0.2) is 0 Å². The van der Waals surface area contributed by atoms with Gasteiger partial charge in [0.05, 0.1) is 23.8 Å². The van der Waals surface area contributed by atoms with Crippen LogP contribution in [0.2, 0.25) is 0 Å². The van der Waals surface area contributed by atoms with E-state index in [2.05, 4.69) is 0 Å². The molecule has 2 amide bonds. The van der Waals surface area contributed by atoms with Gasteiger partial charge in [0.25, 0.3) is 5.91 Å². The van der Waals surface area contributed by atoms with Crippen molar-refractivity contribution in [3.05, 3.63) is 28.8 Å². The largest absolute Gasteiger partial charge is 0.493 e. The van der Waals surface area contributed by atoms with E-state index < -0.39 is 12.0 Å². The second-order valence-corrected chi connectivity index (χ2v) is 5.17. The normalized spacial score (nSPS) is 11.3. The van der Waals surface area contributed by atoms with Crippen LogP contribution in [-0.2, 0) is 4.74 Å². The van der Waals surface area contributed by atoms with E-state index in [1.807, 2.05) is 13.0 Å². The topological polar surface area (TPSA) is 79.6 Å². The van der Waals surface area contributed by atoms with E-state index in [0.29, 0.717) is 29.9 Å². The Morgan fingerprint density at radius 1 is 1.35 bits per heavy atom. The fraction of sp³-hybridized carbons (Fsp3) is 0.471. The summed E-state index contributed by atoms with van der Waals surface area (Å²) >= 11 is 0. The molecule has 0 aliphatic heterocycles. The number of nitrogens with zero attached hydrogens (tertiary/aromatic N) is 2. The third-order valence-electron chi connectivity index (χ3n) is 3.43. The van der Waals surface area contributed by atoms with Crippen LogP contribution in [0.25, 0.3) is 0 Å². The second-order valence-electron chi connectivity index (χ2n) is 5.17. The highest BCUT2D eigenvalue weighted by Gasteiger charge is 2.25. The molecule has 0 aliphatic carbocycles. The van der Waals surface area contributed by atoms with Crippen LogP contribution in [-0.4, -0.2) is 36.7 Å². The van der Waals surface area contributed by atoms with Gasteiger partial charge in [-0.1, -0.05) is 6.92 Å². The van der Waals surface area contributed by atoms with E-state index >= 15 is 0 Å². The van der Waals surface area contributed by atoms with Crippen LogP contribution in [0, 0.1) is 18.3 Å². The second kappa shape index (κ2) is 8.18. The minimum absolute atomic E-state index is 0.164. The van der Waals surface area contributed by atoms with Crippen molar-refractivity contribution in [3.63, 3.8) is 0 Å². The Labute approximate surface area is 136 Å². The summed E-state index contributed by atoms with van der Waals surface area (Å²) in [6.45, 7) is 7.55. The smallest absolute Gasteiger partial charge is 0.416 e. The molecule has 0 aromatic heterocycles. The molecule has 0 aliphatic rings. The number of hydrogen-bond donors (Lipinski definition) is 0. The van der Waals surface area contributed by atoms with Gasteiger partial charge >= 0.3 is 6.09 Å². The number of amides is 2. The zero-order valence-corrected chi connectivity index (χ0v) is 14.2. The highest BCUT2D eigenvalue weighted by atomic mass is 16.6. The van der Waals surface area contributed by atoms with E-state index in [0.717, 1.165) is 4.90 Å². The molecule has 0 heterocycles. The lowest BCUT2D eigenvalue weighted by Gasteiger charge is -2.20. The van der Waals surface area contributed by atoms with Crippen LogP contribution in [0.5, 0.6) is 5.75 Å². The molecule has 0 saturated carbocycles. The van der Waals surface area contributed by atoms with Gasteiger partial charge in [-0.05, 0) is 44.9 Å². The average Bonchev–Trinajstić information content (AvgIpc) is 2.53. The predicted molar refractivity (Wildman–Crippen MR) is 85.4 cm³/mol. The van der Waals surface area contributed by atoms with Gasteiger partial charge in [-0.2, -0.15) is 5.26 Å². The van der Waals surface area contributed by atoms with Crippen molar-refractivity contribution in [2.45, 2.75) is 40.2 Å². The van der Waals surface area contributed by atoms with E-state index in [9.17, 15) is 9.59 Å². The summed E-state index contributed by atoms with van der Waals surface area (Å²) in [5.74, 6) is -0.226. The first-order valence-corrected chi connectivity index (χ1v) is 7.51. The van der Waals surface area contributed by atoms with Gasteiger partial charge in [0.1, 0.15) is 11.9 Å². The van der Waals surface area contributed by atoms with Gasteiger partial charge in [-0.3, -0.25) is 4.79 Å². The number of benzene rings is 1. The van der Waals surface area contributed by atoms with Gasteiger partial charge in [0, 0.05) is 7.05 Å². The van der Waals surface area contributed by atoms with Crippen molar-refractivity contribution in [2.75, 3.05) is 13.7 Å². The van der Waals surface area contributed by atoms with Crippen molar-refractivity contribution in [1.29, 1.82) is 5.26 Å². The summed E-state index contributed by atoms with van der Waals surface area (Å²) in [6, 6.07) is 5.10. The van der Waals surface area contributed by atoms with Crippen LogP contribution < -0.4 is 4.74 Å². The Hall–Kier alpha value is -2.55. The van der Waals surface area contributed by atoms with Crippen LogP contribution in [0.15, 0.2) is 12.1 Å². The summed E-state index contributed by atoms with van der Waals surface area (Å²) in [6.07, 6.45) is -0.358. The number of hydrogen-bond acceptors (Lipinski definition) is 5. The lowest BCUT2D eigenvalue weighted by Crippen LogP contribution is -2.35. The van der Waals surface area contributed by atoms with Crippen LogP contribution in [0.1, 0.15) is 48.7 Å². The zero-order chi connectivity index (χ0) is 17.6. The van der Waals surface area contributed by atoms with Gasteiger partial charge < -0.3 is 9.47 Å². The zero-order valence-electron chi connectivity index (χ0n) is 14.2. The van der Waals surface area contributed by atoms with E-state index in [1.165, 1.54) is 13.1 Å². The third kappa shape index (κ3) is 4.46. The quantitative estimate of drug-likeness (QED) is 0.832. The molecule has 1 rings (SSSR count). The van der Waals surface area contributed by atoms with Crippen molar-refractivity contribution < 1.29 is 19.1 Å². The maximum Gasteiger partial charge on any atom is 0.416 e. The Morgan fingerprint density at radius 2 is 2.00 bits per heavy atom. The molecule has 1 aromatic carbocycles. The first kappa shape index (κ1) is 18.5. The first-order chi connectivity index (χ1) is 10.8. The molecule has 0 bridgehead atoms. The van der Waals surface area contributed by atoms with Crippen molar-refractivity contribution in [2.24, 2.45) is 0 Å². The SMILES string of the molecule is CCOc1cc(C)c(C#N)cc1C(=O)N(C)C(=O)OC(C)CC. The molecule has 1 aromatic rings. The molecule has 0 radical (unpaired) electrons. The summed E-state index contributed by atoms with van der Waals surface area (Å²) in [5, 5.41) is 9.14. The van der Waals surface area contributed by atoms with Gasteiger partial charge in [0.2, 0.25) is 0 Å². The molecular formula is C17H22N2O4. The number of rotatable bonds is 5. The first-order valence-electron chi connectivity index (χ1n) is 7.51. The highest BCUT2D eigenvalue weighted by Crippen LogP contribution is 2.25. The molecule has 124 valence electrons. The number of nitriles is 1. The Balaban J connectivity index is 3.15. The lowest BCUT2D eigenvalue weighted by molar-refractivity contribution is 0.0586. The maximum absolute atomic E-state index is 12.6. The van der Waals surface area contributed by atoms with E-state index in [4.69, 9.17) is 14.7 Å². The molecule has 1 unspecified atom stereocenters. The molecule has 0 saturated heterocycles. The summed E-state index contributed by atoms with van der Waals surface area (Å²) < 4.78 is 10.6. The standard InChI is InChI=1S/C17H22N2O4/c1-6-12(4)23-17(21)19(5)16(20)14-9-13(10-18)11(3)8-15(14)22-7-2/h8-9,12H,6-7H2,1-5H3. The number of carbonyl (C=O) groups is 2. The monoisotopic (exact) mass is 318 g/mol. The molecule has 0 N–H and O–H groups in total. The molecule has 23 heavy (non-hydrogen) atoms. The predicted octanol–water partition coefficient (Wildman–Crippen LogP) is 3.27. The number of imide groups is 1. The molecule has 0 fully saturated rings. The number of carbonyl (C=O) groups excluding carboxylic acids is 2. The number of ether oxygens (including phenoxy) is 2. The van der Waals surface area contributed by atoms with Gasteiger partial charge in [-0.25, -0.2) is 9.69 Å². The summed E-state index contributed by atoms with van der Waals surface area (Å²) in [4.78, 5) is 25.5. The Morgan fingerprint density at radius 3 is 2.52 bits per heavy atom. The van der Waals surface area contributed by atoms with Crippen molar-refractivity contribution in [3.8, 4) is 11.8 Å². The average molecular weight is 318 g/mol. The maximum atomic E-state index is 12.6. The van der Waals surface area contributed by atoms with Crippen molar-refractivity contribution >= 4 is 12.0 Å². The van der Waals surface area contributed by atoms with E-state index in [-0.39, 0.29) is 11.7 Å². The summed E-state index contributed by atoms with van der Waals surface area (Å²) in [5.41, 5.74) is 1.23. The minimum Gasteiger partial charge on any atom is -0.493 e. The van der Waals surface area contributed by atoms with Crippen LogP contribution >= 0.6 is 0 Å². The number of aryl methyl sites for hydroxylation is 1. The van der Waals surface area contributed by atoms with Crippen LogP contribution in [0.3, 0.4) is 0 Å². The fourth-order valence-electron chi connectivity index (χ4n) is 1.84. The highest BCUT2D eigenvalue weighted by molar-refractivity contribution is 6.04. The van der Waals surface area contributed by atoms with Gasteiger partial charge in [-0.15, -0.1) is 0 Å². The Kier molecular flexibility index (Phi) is 6.58. The Bertz CT molecular complexity index is 634. The minimum atomic E-state index is -0.731. The van der Waals surface area contributed by atoms with Crippen LogP contribution in [0.4, 0.5) is 4.79 Å². The molecule has 1 atom stereocenters. The molecular weight excluding hydrogens is 296 g/mol. The third-order valence-corrected chi connectivity index (χ3v) is 3.43. The lowest BCUT2D eigenvalue weighted by atomic mass is 10.0.